The number of hydrogen-bond donors (Lipinski definition) is 0. The van der Waals surface area contributed by atoms with Gasteiger partial charge < -0.3 is 9.80 Å². The number of rotatable bonds is 3. The minimum absolute atomic E-state index is 0.319. The molecule has 1 aromatic carbocycles. The maximum absolute atomic E-state index is 12.8. The molecule has 4 heterocycles. The standard InChI is InChI=1S/C22H24N4OS/c27-21(26-12-8-17-3-1-2-4-18(17)15-26)13-16-6-10-25(11-7-16)22-24-19-14-23-9-5-20(19)28-22/h1-5,9,14,16H,6-8,10-13,15H2. The first-order valence-corrected chi connectivity index (χ1v) is 10.9. The third kappa shape index (κ3) is 3.49. The Labute approximate surface area is 169 Å². The van der Waals surface area contributed by atoms with Crippen LogP contribution in [-0.4, -0.2) is 40.4 Å². The Morgan fingerprint density at radius 2 is 1.93 bits per heavy atom. The number of carbonyl (C=O) groups excluding carboxylic acids is 1. The molecule has 0 radical (unpaired) electrons. The Hall–Kier alpha value is -2.47. The van der Waals surface area contributed by atoms with E-state index in [0.717, 1.165) is 56.1 Å². The zero-order chi connectivity index (χ0) is 18.9. The monoisotopic (exact) mass is 392 g/mol. The SMILES string of the molecule is O=C(CC1CCN(c2nc3cnccc3s2)CC1)N1CCc2ccccc2C1. The quantitative estimate of drug-likeness (QED) is 0.679. The highest BCUT2D eigenvalue weighted by molar-refractivity contribution is 7.22. The Morgan fingerprint density at radius 3 is 2.75 bits per heavy atom. The van der Waals surface area contributed by atoms with Crippen molar-refractivity contribution < 1.29 is 4.79 Å². The highest BCUT2D eigenvalue weighted by Gasteiger charge is 2.27. The molecule has 28 heavy (non-hydrogen) atoms. The molecule has 0 bridgehead atoms. The second kappa shape index (κ2) is 7.51. The third-order valence-electron chi connectivity index (χ3n) is 6.01. The van der Waals surface area contributed by atoms with Gasteiger partial charge in [0.25, 0.3) is 0 Å². The predicted octanol–water partition coefficient (Wildman–Crippen LogP) is 3.88. The van der Waals surface area contributed by atoms with Crippen molar-refractivity contribution in [2.24, 2.45) is 5.92 Å². The number of anilines is 1. The summed E-state index contributed by atoms with van der Waals surface area (Å²) < 4.78 is 1.19. The fourth-order valence-electron chi connectivity index (χ4n) is 4.32. The van der Waals surface area contributed by atoms with Crippen LogP contribution in [0.1, 0.15) is 30.4 Å². The summed E-state index contributed by atoms with van der Waals surface area (Å²) in [6, 6.07) is 10.5. The number of carbonyl (C=O) groups is 1. The highest BCUT2D eigenvalue weighted by atomic mass is 32.1. The van der Waals surface area contributed by atoms with Crippen LogP contribution < -0.4 is 4.90 Å². The molecule has 5 rings (SSSR count). The Morgan fingerprint density at radius 1 is 1.11 bits per heavy atom. The van der Waals surface area contributed by atoms with Crippen LogP contribution in [0.2, 0.25) is 0 Å². The second-order valence-electron chi connectivity index (χ2n) is 7.81. The van der Waals surface area contributed by atoms with E-state index >= 15 is 0 Å². The third-order valence-corrected chi connectivity index (χ3v) is 7.11. The van der Waals surface area contributed by atoms with Gasteiger partial charge in [0.2, 0.25) is 5.91 Å². The lowest BCUT2D eigenvalue weighted by Crippen LogP contribution is -2.39. The van der Waals surface area contributed by atoms with E-state index in [0.29, 0.717) is 18.2 Å². The zero-order valence-corrected chi connectivity index (χ0v) is 16.7. The molecule has 6 heteroatoms. The van der Waals surface area contributed by atoms with Crippen LogP contribution in [0.5, 0.6) is 0 Å². The number of benzene rings is 1. The van der Waals surface area contributed by atoms with Crippen LogP contribution in [-0.2, 0) is 17.8 Å². The summed E-state index contributed by atoms with van der Waals surface area (Å²) in [5, 5.41) is 1.08. The molecule has 5 nitrogen and oxygen atoms in total. The number of hydrogen-bond acceptors (Lipinski definition) is 5. The van der Waals surface area contributed by atoms with E-state index in [1.807, 2.05) is 18.5 Å². The minimum Gasteiger partial charge on any atom is -0.348 e. The largest absolute Gasteiger partial charge is 0.348 e. The number of thiazole rings is 1. The van der Waals surface area contributed by atoms with Gasteiger partial charge in [-0.25, -0.2) is 4.98 Å². The van der Waals surface area contributed by atoms with E-state index in [-0.39, 0.29) is 0 Å². The second-order valence-corrected chi connectivity index (χ2v) is 8.82. The van der Waals surface area contributed by atoms with E-state index in [9.17, 15) is 4.79 Å². The lowest BCUT2D eigenvalue weighted by atomic mass is 9.92. The Bertz CT molecular complexity index is 960. The fraction of sp³-hybridized carbons (Fsp3) is 0.409. The van der Waals surface area contributed by atoms with Crippen LogP contribution in [0.15, 0.2) is 42.7 Å². The van der Waals surface area contributed by atoms with Gasteiger partial charge in [0.05, 0.1) is 10.9 Å². The lowest BCUT2D eigenvalue weighted by Gasteiger charge is -2.34. The molecule has 0 unspecified atom stereocenters. The van der Waals surface area contributed by atoms with Gasteiger partial charge in [0, 0.05) is 38.8 Å². The maximum atomic E-state index is 12.8. The summed E-state index contributed by atoms with van der Waals surface area (Å²) in [6.07, 6.45) is 7.43. The van der Waals surface area contributed by atoms with Crippen molar-refractivity contribution in [3.63, 3.8) is 0 Å². The van der Waals surface area contributed by atoms with Crippen LogP contribution in [0.25, 0.3) is 10.2 Å². The summed E-state index contributed by atoms with van der Waals surface area (Å²) in [5.41, 5.74) is 3.68. The summed E-state index contributed by atoms with van der Waals surface area (Å²) in [4.78, 5) is 26.1. The van der Waals surface area contributed by atoms with Gasteiger partial charge in [-0.3, -0.25) is 9.78 Å². The number of aromatic nitrogens is 2. The normalized spacial score (nSPS) is 17.7. The van der Waals surface area contributed by atoms with E-state index in [1.54, 1.807) is 11.3 Å². The smallest absolute Gasteiger partial charge is 0.223 e. The van der Waals surface area contributed by atoms with Crippen molar-refractivity contribution in [3.05, 3.63) is 53.9 Å². The van der Waals surface area contributed by atoms with E-state index in [2.05, 4.69) is 39.0 Å². The first-order chi connectivity index (χ1) is 13.8. The summed E-state index contributed by atoms with van der Waals surface area (Å²) in [5.74, 6) is 0.802. The maximum Gasteiger partial charge on any atom is 0.223 e. The van der Waals surface area contributed by atoms with Crippen molar-refractivity contribution in [3.8, 4) is 0 Å². The Kier molecular flexibility index (Phi) is 4.72. The van der Waals surface area contributed by atoms with Gasteiger partial charge in [-0.05, 0) is 42.4 Å². The summed E-state index contributed by atoms with van der Waals surface area (Å²) in [7, 11) is 0. The average molecular weight is 393 g/mol. The van der Waals surface area contributed by atoms with Gasteiger partial charge in [-0.2, -0.15) is 0 Å². The fourth-order valence-corrected chi connectivity index (χ4v) is 5.30. The van der Waals surface area contributed by atoms with Crippen LogP contribution in [0, 0.1) is 5.92 Å². The molecular weight excluding hydrogens is 368 g/mol. The minimum atomic E-state index is 0.319. The molecule has 3 aromatic rings. The Balaban J connectivity index is 1.17. The number of amides is 1. The van der Waals surface area contributed by atoms with Crippen molar-refractivity contribution in [2.45, 2.75) is 32.2 Å². The van der Waals surface area contributed by atoms with Crippen molar-refractivity contribution >= 4 is 32.6 Å². The summed E-state index contributed by atoms with van der Waals surface area (Å²) in [6.45, 7) is 3.59. The molecule has 0 spiro atoms. The van der Waals surface area contributed by atoms with E-state index in [4.69, 9.17) is 4.98 Å². The molecule has 0 N–H and O–H groups in total. The first kappa shape index (κ1) is 17.6. The molecule has 0 aliphatic carbocycles. The van der Waals surface area contributed by atoms with Crippen molar-refractivity contribution in [1.29, 1.82) is 0 Å². The van der Waals surface area contributed by atoms with Gasteiger partial charge in [0.1, 0.15) is 5.52 Å². The molecule has 144 valence electrons. The molecule has 1 amide bonds. The number of pyridine rings is 1. The number of fused-ring (bicyclic) bond motifs is 2. The van der Waals surface area contributed by atoms with Crippen LogP contribution >= 0.6 is 11.3 Å². The van der Waals surface area contributed by atoms with Crippen LogP contribution in [0.4, 0.5) is 5.13 Å². The van der Waals surface area contributed by atoms with Gasteiger partial charge in [0.15, 0.2) is 5.13 Å². The topological polar surface area (TPSA) is 49.3 Å². The molecule has 2 aliphatic heterocycles. The highest BCUT2D eigenvalue weighted by Crippen LogP contribution is 2.32. The molecule has 1 fully saturated rings. The lowest BCUT2D eigenvalue weighted by molar-refractivity contribution is -0.133. The van der Waals surface area contributed by atoms with Crippen molar-refractivity contribution in [2.75, 3.05) is 24.5 Å². The molecule has 1 saturated heterocycles. The van der Waals surface area contributed by atoms with Gasteiger partial charge in [-0.1, -0.05) is 35.6 Å². The molecule has 0 saturated carbocycles. The zero-order valence-electron chi connectivity index (χ0n) is 15.9. The van der Waals surface area contributed by atoms with E-state index in [1.165, 1.54) is 15.8 Å². The molecule has 2 aromatic heterocycles. The van der Waals surface area contributed by atoms with Gasteiger partial charge >= 0.3 is 0 Å². The molecule has 0 atom stereocenters. The number of piperidine rings is 1. The molecular formula is C22H24N4OS. The number of nitrogens with zero attached hydrogens (tertiary/aromatic N) is 4. The summed E-state index contributed by atoms with van der Waals surface area (Å²) >= 11 is 1.73. The van der Waals surface area contributed by atoms with Crippen LogP contribution in [0.3, 0.4) is 0 Å². The van der Waals surface area contributed by atoms with E-state index < -0.39 is 0 Å². The van der Waals surface area contributed by atoms with Crippen molar-refractivity contribution in [1.82, 2.24) is 14.9 Å². The molecule has 2 aliphatic rings. The average Bonchev–Trinajstić information content (AvgIpc) is 3.18. The van der Waals surface area contributed by atoms with Gasteiger partial charge in [-0.15, -0.1) is 0 Å². The first-order valence-electron chi connectivity index (χ1n) is 10.1. The predicted molar refractivity (Wildman–Crippen MR) is 113 cm³/mol.